The highest BCUT2D eigenvalue weighted by atomic mass is 16.5. The van der Waals surface area contributed by atoms with Crippen molar-refractivity contribution in [1.82, 2.24) is 19.7 Å². The van der Waals surface area contributed by atoms with E-state index in [1.807, 2.05) is 30.7 Å². The van der Waals surface area contributed by atoms with Crippen molar-refractivity contribution in [2.24, 2.45) is 0 Å². The molecule has 0 bridgehead atoms. The molecule has 3 aromatic rings. The summed E-state index contributed by atoms with van der Waals surface area (Å²) in [6.45, 7) is 5.45. The summed E-state index contributed by atoms with van der Waals surface area (Å²) in [6.07, 6.45) is 2.27. The summed E-state index contributed by atoms with van der Waals surface area (Å²) in [6, 6.07) is 9.47. The maximum atomic E-state index is 12.8. The second-order valence-corrected chi connectivity index (χ2v) is 7.16. The molecule has 0 radical (unpaired) electrons. The summed E-state index contributed by atoms with van der Waals surface area (Å²) in [5.74, 6) is 1.65. The second kappa shape index (κ2) is 7.98. The first-order valence-electron chi connectivity index (χ1n) is 9.57. The van der Waals surface area contributed by atoms with E-state index in [2.05, 4.69) is 16.1 Å². The highest BCUT2D eigenvalue weighted by molar-refractivity contribution is 5.92. The van der Waals surface area contributed by atoms with Crippen LogP contribution in [0.25, 0.3) is 0 Å². The molecule has 29 heavy (non-hydrogen) atoms. The number of rotatable bonds is 6. The lowest BCUT2D eigenvalue weighted by Crippen LogP contribution is -2.29. The van der Waals surface area contributed by atoms with Crippen LogP contribution in [0.5, 0.6) is 11.5 Å². The minimum atomic E-state index is -0.131. The van der Waals surface area contributed by atoms with Crippen molar-refractivity contribution in [3.8, 4) is 11.5 Å². The minimum Gasteiger partial charge on any atom is -0.497 e. The standard InChI is InChI=1S/C21H24N4O4/c1-14-10-15(2)25(23-14)16-8-9-24(11-16)21(26)19-12-29-20(22-19)13-28-18-6-4-17(27-3)5-7-18/h4-7,10,12,16H,8-9,11,13H2,1-3H3. The molecule has 1 atom stereocenters. The number of carbonyl (C=O) groups is 1. The largest absolute Gasteiger partial charge is 0.497 e. The van der Waals surface area contributed by atoms with Gasteiger partial charge in [-0.15, -0.1) is 0 Å². The molecule has 1 unspecified atom stereocenters. The van der Waals surface area contributed by atoms with Crippen LogP contribution in [0.4, 0.5) is 0 Å². The van der Waals surface area contributed by atoms with Crippen LogP contribution in [0.1, 0.15) is 40.2 Å². The lowest BCUT2D eigenvalue weighted by Gasteiger charge is -2.16. The Balaban J connectivity index is 1.35. The van der Waals surface area contributed by atoms with Gasteiger partial charge in [-0.25, -0.2) is 4.98 Å². The van der Waals surface area contributed by atoms with Crippen molar-refractivity contribution in [1.29, 1.82) is 0 Å². The number of aryl methyl sites for hydroxylation is 2. The fourth-order valence-corrected chi connectivity index (χ4v) is 3.60. The Kier molecular flexibility index (Phi) is 5.24. The SMILES string of the molecule is COc1ccc(OCc2nc(C(=O)N3CCC(n4nc(C)cc4C)C3)co2)cc1. The van der Waals surface area contributed by atoms with Crippen molar-refractivity contribution < 1.29 is 18.7 Å². The third-order valence-corrected chi connectivity index (χ3v) is 5.03. The number of benzene rings is 1. The minimum absolute atomic E-state index is 0.131. The van der Waals surface area contributed by atoms with Gasteiger partial charge in [0.25, 0.3) is 5.91 Å². The molecular weight excluding hydrogens is 372 g/mol. The highest BCUT2D eigenvalue weighted by Crippen LogP contribution is 2.24. The molecule has 1 aromatic carbocycles. The third-order valence-electron chi connectivity index (χ3n) is 5.03. The molecule has 3 heterocycles. The Morgan fingerprint density at radius 2 is 2.00 bits per heavy atom. The predicted molar refractivity (Wildman–Crippen MR) is 105 cm³/mol. The number of carbonyl (C=O) groups excluding carboxylic acids is 1. The van der Waals surface area contributed by atoms with Gasteiger partial charge in [-0.05, 0) is 50.6 Å². The van der Waals surface area contributed by atoms with Crippen LogP contribution in [-0.2, 0) is 6.61 Å². The fourth-order valence-electron chi connectivity index (χ4n) is 3.60. The van der Waals surface area contributed by atoms with E-state index in [9.17, 15) is 4.79 Å². The van der Waals surface area contributed by atoms with Gasteiger partial charge in [-0.3, -0.25) is 9.48 Å². The predicted octanol–water partition coefficient (Wildman–Crippen LogP) is 3.16. The van der Waals surface area contributed by atoms with Crippen LogP contribution in [0.2, 0.25) is 0 Å². The zero-order chi connectivity index (χ0) is 20.4. The molecule has 1 amide bonds. The van der Waals surface area contributed by atoms with Gasteiger partial charge in [0.15, 0.2) is 12.3 Å². The molecule has 8 nitrogen and oxygen atoms in total. The first-order valence-corrected chi connectivity index (χ1v) is 9.57. The summed E-state index contributed by atoms with van der Waals surface area (Å²) in [5, 5.41) is 4.55. The van der Waals surface area contributed by atoms with E-state index in [-0.39, 0.29) is 18.6 Å². The number of methoxy groups -OCH3 is 1. The first kappa shape index (κ1) is 19.0. The van der Waals surface area contributed by atoms with Crippen molar-refractivity contribution in [3.63, 3.8) is 0 Å². The van der Waals surface area contributed by atoms with E-state index in [1.54, 1.807) is 24.1 Å². The van der Waals surface area contributed by atoms with Crippen LogP contribution >= 0.6 is 0 Å². The Labute approximate surface area is 169 Å². The zero-order valence-electron chi connectivity index (χ0n) is 16.8. The third kappa shape index (κ3) is 4.11. The molecule has 1 aliphatic rings. The molecule has 0 N–H and O–H groups in total. The average molecular weight is 396 g/mol. The fraction of sp³-hybridized carbons (Fsp3) is 0.381. The van der Waals surface area contributed by atoms with Gasteiger partial charge in [-0.1, -0.05) is 0 Å². The van der Waals surface area contributed by atoms with E-state index in [4.69, 9.17) is 13.9 Å². The van der Waals surface area contributed by atoms with Gasteiger partial charge in [0.1, 0.15) is 17.8 Å². The summed E-state index contributed by atoms with van der Waals surface area (Å²) < 4.78 is 18.2. The molecule has 0 saturated carbocycles. The number of hydrogen-bond acceptors (Lipinski definition) is 6. The van der Waals surface area contributed by atoms with Crippen LogP contribution < -0.4 is 9.47 Å². The van der Waals surface area contributed by atoms with Crippen molar-refractivity contribution in [2.45, 2.75) is 32.9 Å². The molecular formula is C21H24N4O4. The van der Waals surface area contributed by atoms with Gasteiger partial charge in [0, 0.05) is 18.8 Å². The highest BCUT2D eigenvalue weighted by Gasteiger charge is 2.30. The monoisotopic (exact) mass is 396 g/mol. The van der Waals surface area contributed by atoms with Crippen molar-refractivity contribution in [3.05, 3.63) is 59.6 Å². The number of likely N-dealkylation sites (tertiary alicyclic amines) is 1. The normalized spacial score (nSPS) is 16.2. The summed E-state index contributed by atoms with van der Waals surface area (Å²) in [4.78, 5) is 18.9. The van der Waals surface area contributed by atoms with Crippen LogP contribution in [0, 0.1) is 13.8 Å². The zero-order valence-corrected chi connectivity index (χ0v) is 16.8. The van der Waals surface area contributed by atoms with E-state index in [0.29, 0.717) is 30.4 Å². The van der Waals surface area contributed by atoms with Crippen LogP contribution in [0.3, 0.4) is 0 Å². The van der Waals surface area contributed by atoms with Gasteiger partial charge in [-0.2, -0.15) is 5.10 Å². The summed E-state index contributed by atoms with van der Waals surface area (Å²) in [7, 11) is 1.61. The maximum absolute atomic E-state index is 12.8. The molecule has 2 aromatic heterocycles. The van der Waals surface area contributed by atoms with E-state index >= 15 is 0 Å². The number of ether oxygens (including phenoxy) is 2. The number of oxazole rings is 1. The topological polar surface area (TPSA) is 82.6 Å². The Morgan fingerprint density at radius 3 is 2.69 bits per heavy atom. The number of aromatic nitrogens is 3. The second-order valence-electron chi connectivity index (χ2n) is 7.16. The number of nitrogens with zero attached hydrogens (tertiary/aromatic N) is 4. The van der Waals surface area contributed by atoms with E-state index in [0.717, 1.165) is 23.6 Å². The maximum Gasteiger partial charge on any atom is 0.275 e. The first-order chi connectivity index (χ1) is 14.0. The summed E-state index contributed by atoms with van der Waals surface area (Å²) in [5.41, 5.74) is 2.40. The Morgan fingerprint density at radius 1 is 1.24 bits per heavy atom. The lowest BCUT2D eigenvalue weighted by atomic mass is 10.2. The number of hydrogen-bond donors (Lipinski definition) is 0. The molecule has 1 saturated heterocycles. The van der Waals surface area contributed by atoms with Crippen LogP contribution in [0.15, 0.2) is 41.0 Å². The molecule has 1 fully saturated rings. The van der Waals surface area contributed by atoms with Gasteiger partial charge in [0.05, 0.1) is 18.8 Å². The molecule has 0 spiro atoms. The van der Waals surface area contributed by atoms with E-state index in [1.165, 1.54) is 6.26 Å². The summed E-state index contributed by atoms with van der Waals surface area (Å²) >= 11 is 0. The molecule has 0 aliphatic carbocycles. The smallest absolute Gasteiger partial charge is 0.275 e. The Bertz CT molecular complexity index is 993. The van der Waals surface area contributed by atoms with E-state index < -0.39 is 0 Å². The molecule has 4 rings (SSSR count). The van der Waals surface area contributed by atoms with Gasteiger partial charge in [0.2, 0.25) is 5.89 Å². The van der Waals surface area contributed by atoms with Crippen molar-refractivity contribution in [2.75, 3.05) is 20.2 Å². The Hall–Kier alpha value is -3.29. The lowest BCUT2D eigenvalue weighted by molar-refractivity contribution is 0.0781. The molecule has 8 heteroatoms. The van der Waals surface area contributed by atoms with Crippen LogP contribution in [-0.4, -0.2) is 45.8 Å². The quantitative estimate of drug-likeness (QED) is 0.637. The molecule has 152 valence electrons. The molecule has 1 aliphatic heterocycles. The number of amides is 1. The average Bonchev–Trinajstić information content (AvgIpc) is 3.46. The van der Waals surface area contributed by atoms with Gasteiger partial charge >= 0.3 is 0 Å². The van der Waals surface area contributed by atoms with Crippen molar-refractivity contribution >= 4 is 5.91 Å². The van der Waals surface area contributed by atoms with Gasteiger partial charge < -0.3 is 18.8 Å².